The summed E-state index contributed by atoms with van der Waals surface area (Å²) in [4.78, 5) is 21.3. The quantitative estimate of drug-likeness (QED) is 0.610. The Morgan fingerprint density at radius 1 is 1.14 bits per heavy atom. The van der Waals surface area contributed by atoms with E-state index in [1.807, 2.05) is 0 Å². The lowest BCUT2D eigenvalue weighted by molar-refractivity contribution is -0.151. The van der Waals surface area contributed by atoms with E-state index in [4.69, 9.17) is 5.11 Å². The number of carbonyl (C=O) groups excluding carboxylic acids is 1. The molecule has 4 nitrogen and oxygen atoms in total. The van der Waals surface area contributed by atoms with Crippen LogP contribution in [-0.4, -0.2) is 23.0 Å². The van der Waals surface area contributed by atoms with Crippen molar-refractivity contribution in [3.8, 4) is 0 Å². The number of carbonyl (C=O) groups is 2. The second-order valence-electron chi connectivity index (χ2n) is 4.40. The van der Waals surface area contributed by atoms with Crippen molar-refractivity contribution in [3.05, 3.63) is 0 Å². The average molecular weight is 197 g/mol. The van der Waals surface area contributed by atoms with Crippen molar-refractivity contribution in [1.29, 1.82) is 0 Å². The van der Waals surface area contributed by atoms with Gasteiger partial charge in [0.2, 0.25) is 0 Å². The lowest BCUT2D eigenvalue weighted by atomic mass is 9.68. The molecule has 14 heavy (non-hydrogen) atoms. The van der Waals surface area contributed by atoms with E-state index >= 15 is 0 Å². The molecule has 1 atom stereocenters. The molecule has 0 radical (unpaired) electrons. The van der Waals surface area contributed by atoms with Crippen LogP contribution in [0.15, 0.2) is 0 Å². The van der Waals surface area contributed by atoms with E-state index in [2.05, 4.69) is 5.32 Å². The van der Waals surface area contributed by atoms with Gasteiger partial charge in [-0.2, -0.15) is 0 Å². The van der Waals surface area contributed by atoms with E-state index in [-0.39, 0.29) is 6.04 Å². The number of amides is 1. The van der Waals surface area contributed by atoms with Gasteiger partial charge in [0.25, 0.3) is 0 Å². The zero-order valence-electron chi connectivity index (χ0n) is 8.03. The maximum atomic E-state index is 11.0. The van der Waals surface area contributed by atoms with Gasteiger partial charge in [-0.25, -0.2) is 4.79 Å². The Morgan fingerprint density at radius 2 is 1.79 bits per heavy atom. The maximum absolute atomic E-state index is 11.0. The van der Waals surface area contributed by atoms with E-state index < -0.39 is 11.9 Å². The number of hydrogen-bond acceptors (Lipinski definition) is 2. The molecule has 3 aliphatic carbocycles. The predicted octanol–water partition coefficient (Wildman–Crippen LogP) is 0.766. The van der Waals surface area contributed by atoms with Gasteiger partial charge in [-0.3, -0.25) is 4.79 Å². The van der Waals surface area contributed by atoms with Crippen LogP contribution in [0.3, 0.4) is 0 Å². The highest BCUT2D eigenvalue weighted by atomic mass is 16.4. The van der Waals surface area contributed by atoms with Crippen LogP contribution in [0.2, 0.25) is 0 Å². The largest absolute Gasteiger partial charge is 0.474 e. The number of hydrogen-bond donors (Lipinski definition) is 2. The zero-order valence-corrected chi connectivity index (χ0v) is 8.03. The Kier molecular flexibility index (Phi) is 2.44. The number of fused-ring (bicyclic) bond motifs is 3. The summed E-state index contributed by atoms with van der Waals surface area (Å²) in [6.07, 6.45) is 5.78. The van der Waals surface area contributed by atoms with Gasteiger partial charge in [0, 0.05) is 6.04 Å². The molecule has 1 amide bonds. The van der Waals surface area contributed by atoms with E-state index in [0.29, 0.717) is 11.8 Å². The van der Waals surface area contributed by atoms with Crippen molar-refractivity contribution in [2.45, 2.75) is 38.1 Å². The molecule has 0 aromatic heterocycles. The molecule has 1 unspecified atom stereocenters. The van der Waals surface area contributed by atoms with Crippen molar-refractivity contribution < 1.29 is 14.7 Å². The number of carboxylic acid groups (broad SMARTS) is 1. The van der Waals surface area contributed by atoms with Gasteiger partial charge in [0.1, 0.15) is 0 Å². The maximum Gasteiger partial charge on any atom is 0.394 e. The van der Waals surface area contributed by atoms with Gasteiger partial charge in [0.15, 0.2) is 0 Å². The predicted molar refractivity (Wildman–Crippen MR) is 49.6 cm³/mol. The molecule has 0 aliphatic heterocycles. The Morgan fingerprint density at radius 3 is 2.21 bits per heavy atom. The van der Waals surface area contributed by atoms with Gasteiger partial charge < -0.3 is 10.4 Å². The van der Waals surface area contributed by atoms with Crippen molar-refractivity contribution in [2.75, 3.05) is 0 Å². The molecular formula is C10H15NO3. The Balaban J connectivity index is 1.93. The molecule has 0 saturated heterocycles. The molecule has 0 heterocycles. The molecular weight excluding hydrogens is 182 g/mol. The summed E-state index contributed by atoms with van der Waals surface area (Å²) in [5, 5.41) is 11.1. The summed E-state index contributed by atoms with van der Waals surface area (Å²) < 4.78 is 0. The fourth-order valence-corrected chi connectivity index (χ4v) is 2.78. The SMILES string of the molecule is O=C(O)C(=O)NC1CC2CCC1CC2. The van der Waals surface area contributed by atoms with Gasteiger partial charge in [-0.1, -0.05) is 12.8 Å². The Labute approximate surface area is 82.7 Å². The normalized spacial score (nSPS) is 35.3. The molecule has 3 aliphatic rings. The molecule has 3 saturated carbocycles. The van der Waals surface area contributed by atoms with Gasteiger partial charge in [-0.05, 0) is 31.1 Å². The minimum Gasteiger partial charge on any atom is -0.474 e. The first-order chi connectivity index (χ1) is 6.66. The minimum absolute atomic E-state index is 0.117. The molecule has 2 bridgehead atoms. The van der Waals surface area contributed by atoms with E-state index in [1.165, 1.54) is 12.8 Å². The summed E-state index contributed by atoms with van der Waals surface area (Å²) in [6, 6.07) is 0.117. The minimum atomic E-state index is -1.37. The highest BCUT2D eigenvalue weighted by Crippen LogP contribution is 2.41. The fraction of sp³-hybridized carbons (Fsp3) is 0.800. The molecule has 0 spiro atoms. The Hall–Kier alpha value is -1.06. The summed E-state index contributed by atoms with van der Waals surface area (Å²) in [6.45, 7) is 0. The van der Waals surface area contributed by atoms with Crippen molar-refractivity contribution >= 4 is 11.9 Å². The molecule has 78 valence electrons. The average Bonchev–Trinajstić information content (AvgIpc) is 2.19. The van der Waals surface area contributed by atoms with Crippen LogP contribution in [-0.2, 0) is 9.59 Å². The highest BCUT2D eigenvalue weighted by molar-refractivity contribution is 6.31. The summed E-state index contributed by atoms with van der Waals surface area (Å²) in [5.41, 5.74) is 0. The van der Waals surface area contributed by atoms with Crippen LogP contribution in [0.1, 0.15) is 32.1 Å². The number of rotatable bonds is 1. The van der Waals surface area contributed by atoms with Crippen LogP contribution >= 0.6 is 0 Å². The second-order valence-corrected chi connectivity index (χ2v) is 4.40. The van der Waals surface area contributed by atoms with Gasteiger partial charge >= 0.3 is 11.9 Å². The third-order valence-corrected chi connectivity index (χ3v) is 3.56. The molecule has 3 fully saturated rings. The first kappa shape index (κ1) is 9.49. The highest BCUT2D eigenvalue weighted by Gasteiger charge is 2.36. The van der Waals surface area contributed by atoms with Crippen LogP contribution in [0, 0.1) is 11.8 Å². The van der Waals surface area contributed by atoms with Crippen molar-refractivity contribution in [3.63, 3.8) is 0 Å². The zero-order chi connectivity index (χ0) is 10.1. The topological polar surface area (TPSA) is 66.4 Å². The van der Waals surface area contributed by atoms with Crippen molar-refractivity contribution in [1.82, 2.24) is 5.32 Å². The number of nitrogens with one attached hydrogen (secondary N) is 1. The lowest BCUT2D eigenvalue weighted by Crippen LogP contribution is -2.48. The smallest absolute Gasteiger partial charge is 0.394 e. The Bertz CT molecular complexity index is 256. The van der Waals surface area contributed by atoms with E-state index in [1.54, 1.807) is 0 Å². The van der Waals surface area contributed by atoms with E-state index in [0.717, 1.165) is 19.3 Å². The molecule has 4 heteroatoms. The monoisotopic (exact) mass is 197 g/mol. The second kappa shape index (κ2) is 3.59. The first-order valence-electron chi connectivity index (χ1n) is 5.20. The van der Waals surface area contributed by atoms with Crippen LogP contribution in [0.4, 0.5) is 0 Å². The molecule has 2 N–H and O–H groups in total. The van der Waals surface area contributed by atoms with Crippen LogP contribution in [0.5, 0.6) is 0 Å². The third kappa shape index (κ3) is 1.74. The number of aliphatic carboxylic acids is 1. The molecule has 0 aromatic rings. The van der Waals surface area contributed by atoms with Crippen molar-refractivity contribution in [2.24, 2.45) is 11.8 Å². The first-order valence-corrected chi connectivity index (χ1v) is 5.20. The van der Waals surface area contributed by atoms with Gasteiger partial charge in [-0.15, -0.1) is 0 Å². The molecule has 0 aromatic carbocycles. The summed E-state index contributed by atoms with van der Waals surface area (Å²) in [7, 11) is 0. The third-order valence-electron chi connectivity index (χ3n) is 3.56. The van der Waals surface area contributed by atoms with Crippen LogP contribution in [0.25, 0.3) is 0 Å². The fourth-order valence-electron chi connectivity index (χ4n) is 2.78. The lowest BCUT2D eigenvalue weighted by Gasteiger charge is -2.42. The van der Waals surface area contributed by atoms with E-state index in [9.17, 15) is 9.59 Å². The molecule has 3 rings (SSSR count). The van der Waals surface area contributed by atoms with Gasteiger partial charge in [0.05, 0.1) is 0 Å². The summed E-state index contributed by atoms with van der Waals surface area (Å²) >= 11 is 0. The number of carboxylic acids is 1. The standard InChI is InChI=1S/C10H15NO3/c12-9(10(13)14)11-8-5-6-1-3-7(8)4-2-6/h6-8H,1-5H2,(H,11,12)(H,13,14). The summed E-state index contributed by atoms with van der Waals surface area (Å²) in [5.74, 6) is -0.989. The van der Waals surface area contributed by atoms with Crippen LogP contribution < -0.4 is 5.32 Å².